The molecule has 0 saturated carbocycles. The minimum Gasteiger partial charge on any atom is -0.345 e. The van der Waals surface area contributed by atoms with E-state index in [0.717, 1.165) is 22.1 Å². The van der Waals surface area contributed by atoms with Crippen molar-refractivity contribution in [2.24, 2.45) is 0 Å². The Kier molecular flexibility index (Phi) is 3.50. The van der Waals surface area contributed by atoms with Crippen molar-refractivity contribution in [3.8, 4) is 0 Å². The number of fused-ring (bicyclic) bond motifs is 4. The summed E-state index contributed by atoms with van der Waals surface area (Å²) >= 11 is 0. The second-order valence-electron chi connectivity index (χ2n) is 5.89. The van der Waals surface area contributed by atoms with Crippen LogP contribution in [0, 0.1) is 13.8 Å². The van der Waals surface area contributed by atoms with Gasteiger partial charge in [0.15, 0.2) is 0 Å². The van der Waals surface area contributed by atoms with Crippen LogP contribution in [0.2, 0.25) is 0 Å². The summed E-state index contributed by atoms with van der Waals surface area (Å²) in [6.45, 7) is 4.21. The molecule has 0 radical (unpaired) electrons. The molecular weight excluding hydrogens is 296 g/mol. The zero-order valence-electron chi connectivity index (χ0n) is 13.7. The number of hydrogen-bond donors (Lipinski definition) is 2. The van der Waals surface area contributed by atoms with Crippen LogP contribution in [0.4, 0.5) is 0 Å². The van der Waals surface area contributed by atoms with Crippen molar-refractivity contribution in [3.63, 3.8) is 0 Å². The van der Waals surface area contributed by atoms with Crippen molar-refractivity contribution in [2.75, 3.05) is 0 Å². The lowest BCUT2D eigenvalue weighted by atomic mass is 10.1. The van der Waals surface area contributed by atoms with Gasteiger partial charge in [0.2, 0.25) is 0 Å². The Morgan fingerprint density at radius 1 is 0.792 bits per heavy atom. The van der Waals surface area contributed by atoms with Crippen LogP contribution in [0.5, 0.6) is 0 Å². The number of aromatic nitrogens is 4. The number of hydrogen-bond acceptors (Lipinski definition) is 2. The SMILES string of the molecule is Cc1ccc2nc[nH]c2c1C.c1ccc2c(c1)ccc1[nH]cnc12. The molecule has 0 aliphatic carbocycles. The van der Waals surface area contributed by atoms with Crippen LogP contribution in [0.15, 0.2) is 61.2 Å². The van der Waals surface area contributed by atoms with Gasteiger partial charge in [0.1, 0.15) is 0 Å². The van der Waals surface area contributed by atoms with E-state index in [9.17, 15) is 0 Å². The molecule has 0 amide bonds. The van der Waals surface area contributed by atoms with E-state index >= 15 is 0 Å². The molecule has 2 N–H and O–H groups in total. The van der Waals surface area contributed by atoms with Crippen molar-refractivity contribution < 1.29 is 0 Å². The van der Waals surface area contributed by atoms with Gasteiger partial charge in [-0.2, -0.15) is 0 Å². The molecule has 2 heterocycles. The lowest BCUT2D eigenvalue weighted by Crippen LogP contribution is -1.81. The number of H-pyrrole nitrogens is 2. The molecule has 2 aromatic heterocycles. The smallest absolute Gasteiger partial charge is 0.0960 e. The van der Waals surface area contributed by atoms with Crippen molar-refractivity contribution >= 4 is 32.8 Å². The van der Waals surface area contributed by atoms with Crippen LogP contribution in [0.3, 0.4) is 0 Å². The first-order chi connectivity index (χ1) is 11.7. The third kappa shape index (κ3) is 2.42. The van der Waals surface area contributed by atoms with E-state index in [0.29, 0.717) is 0 Å². The van der Waals surface area contributed by atoms with Crippen molar-refractivity contribution in [1.82, 2.24) is 19.9 Å². The van der Waals surface area contributed by atoms with Crippen LogP contribution < -0.4 is 0 Å². The molecule has 24 heavy (non-hydrogen) atoms. The fourth-order valence-corrected chi connectivity index (χ4v) is 2.93. The summed E-state index contributed by atoms with van der Waals surface area (Å²) < 4.78 is 0. The van der Waals surface area contributed by atoms with E-state index in [1.807, 2.05) is 18.2 Å². The Labute approximate surface area is 139 Å². The summed E-state index contributed by atoms with van der Waals surface area (Å²) in [6, 6.07) is 16.6. The Balaban J connectivity index is 0.000000123. The lowest BCUT2D eigenvalue weighted by molar-refractivity contribution is 1.32. The normalized spacial score (nSPS) is 10.9. The van der Waals surface area contributed by atoms with E-state index in [1.165, 1.54) is 21.9 Å². The van der Waals surface area contributed by atoms with Gasteiger partial charge in [-0.25, -0.2) is 9.97 Å². The van der Waals surface area contributed by atoms with Gasteiger partial charge in [0.05, 0.1) is 34.7 Å². The Hall–Kier alpha value is -3.14. The highest BCUT2D eigenvalue weighted by Crippen LogP contribution is 2.21. The van der Waals surface area contributed by atoms with Gasteiger partial charge >= 0.3 is 0 Å². The summed E-state index contributed by atoms with van der Waals surface area (Å²) in [4.78, 5) is 14.7. The van der Waals surface area contributed by atoms with Gasteiger partial charge in [0.25, 0.3) is 0 Å². The number of nitrogens with one attached hydrogen (secondary N) is 2. The predicted molar refractivity (Wildman–Crippen MR) is 99.2 cm³/mol. The van der Waals surface area contributed by atoms with E-state index in [1.54, 1.807) is 12.7 Å². The Morgan fingerprint density at radius 3 is 2.54 bits per heavy atom. The number of aromatic amines is 2. The van der Waals surface area contributed by atoms with Gasteiger partial charge in [0, 0.05) is 5.39 Å². The third-order valence-corrected chi connectivity index (χ3v) is 4.44. The van der Waals surface area contributed by atoms with E-state index in [4.69, 9.17) is 0 Å². The molecule has 0 atom stereocenters. The van der Waals surface area contributed by atoms with Gasteiger partial charge in [-0.3, -0.25) is 0 Å². The number of benzene rings is 3. The van der Waals surface area contributed by atoms with Crippen LogP contribution in [-0.4, -0.2) is 19.9 Å². The first-order valence-corrected chi connectivity index (χ1v) is 7.94. The molecular formula is C20H18N4. The fourth-order valence-electron chi connectivity index (χ4n) is 2.93. The molecule has 0 aliphatic rings. The summed E-state index contributed by atoms with van der Waals surface area (Å²) in [5, 5.41) is 2.45. The second-order valence-corrected chi connectivity index (χ2v) is 5.89. The average molecular weight is 314 g/mol. The first-order valence-electron chi connectivity index (χ1n) is 7.94. The fraction of sp³-hybridized carbons (Fsp3) is 0.100. The number of rotatable bonds is 0. The van der Waals surface area contributed by atoms with E-state index < -0.39 is 0 Å². The highest BCUT2D eigenvalue weighted by atomic mass is 14.9. The first kappa shape index (κ1) is 14.5. The maximum atomic E-state index is 4.29. The number of imidazole rings is 2. The summed E-state index contributed by atoms with van der Waals surface area (Å²) in [6.07, 6.45) is 3.47. The zero-order valence-corrected chi connectivity index (χ0v) is 13.7. The van der Waals surface area contributed by atoms with E-state index in [2.05, 4.69) is 64.1 Å². The van der Waals surface area contributed by atoms with Gasteiger partial charge in [-0.1, -0.05) is 36.4 Å². The molecule has 0 fully saturated rings. The zero-order chi connectivity index (χ0) is 16.5. The number of nitrogens with zero attached hydrogens (tertiary/aromatic N) is 2. The van der Waals surface area contributed by atoms with Crippen LogP contribution >= 0.6 is 0 Å². The molecule has 4 heteroatoms. The Bertz CT molecular complexity index is 1130. The standard InChI is InChI=1S/C11H8N2.C9H10N2/c1-2-4-9-8(3-1)5-6-10-11(9)13-7-12-10;1-6-3-4-8-9(7(6)2)11-5-10-8/h1-7H,(H,12,13);3-5H,1-2H3,(H,10,11). The Morgan fingerprint density at radius 2 is 1.62 bits per heavy atom. The second kappa shape index (κ2) is 5.81. The van der Waals surface area contributed by atoms with Gasteiger partial charge in [-0.05, 0) is 42.5 Å². The maximum absolute atomic E-state index is 4.29. The molecule has 0 saturated heterocycles. The molecule has 0 bridgehead atoms. The topological polar surface area (TPSA) is 57.4 Å². The lowest BCUT2D eigenvalue weighted by Gasteiger charge is -1.98. The number of aryl methyl sites for hydroxylation is 2. The van der Waals surface area contributed by atoms with Crippen LogP contribution in [-0.2, 0) is 0 Å². The largest absolute Gasteiger partial charge is 0.345 e. The predicted octanol–water partition coefficient (Wildman–Crippen LogP) is 4.90. The monoisotopic (exact) mass is 314 g/mol. The van der Waals surface area contributed by atoms with Crippen molar-refractivity contribution in [2.45, 2.75) is 13.8 Å². The third-order valence-electron chi connectivity index (χ3n) is 4.44. The minimum atomic E-state index is 1.05. The quantitative estimate of drug-likeness (QED) is 0.427. The van der Waals surface area contributed by atoms with Crippen LogP contribution in [0.1, 0.15) is 11.1 Å². The molecule has 0 spiro atoms. The summed E-state index contributed by atoms with van der Waals surface area (Å²) in [5.41, 5.74) is 6.96. The van der Waals surface area contributed by atoms with Crippen molar-refractivity contribution in [3.05, 3.63) is 72.3 Å². The summed E-state index contributed by atoms with van der Waals surface area (Å²) in [5.74, 6) is 0. The minimum absolute atomic E-state index is 1.05. The molecule has 0 unspecified atom stereocenters. The molecule has 118 valence electrons. The van der Waals surface area contributed by atoms with E-state index in [-0.39, 0.29) is 0 Å². The summed E-state index contributed by atoms with van der Waals surface area (Å²) in [7, 11) is 0. The molecule has 3 aromatic carbocycles. The van der Waals surface area contributed by atoms with Gasteiger partial charge in [-0.15, -0.1) is 0 Å². The maximum Gasteiger partial charge on any atom is 0.0960 e. The molecule has 0 aliphatic heterocycles. The molecule has 5 aromatic rings. The van der Waals surface area contributed by atoms with Crippen molar-refractivity contribution in [1.29, 1.82) is 0 Å². The molecule has 4 nitrogen and oxygen atoms in total. The van der Waals surface area contributed by atoms with Crippen LogP contribution in [0.25, 0.3) is 32.8 Å². The average Bonchev–Trinajstić information content (AvgIpc) is 3.28. The highest BCUT2D eigenvalue weighted by Gasteiger charge is 2.01. The molecule has 5 rings (SSSR count). The highest BCUT2D eigenvalue weighted by molar-refractivity contribution is 6.03. The van der Waals surface area contributed by atoms with Gasteiger partial charge < -0.3 is 9.97 Å².